The lowest BCUT2D eigenvalue weighted by Gasteiger charge is -2.21. The minimum atomic E-state index is -0.332. The number of para-hydroxylation sites is 1. The second-order valence-corrected chi connectivity index (χ2v) is 7.71. The summed E-state index contributed by atoms with van der Waals surface area (Å²) in [5.41, 5.74) is 1.88. The van der Waals surface area contributed by atoms with Crippen molar-refractivity contribution in [1.82, 2.24) is 5.32 Å². The molecule has 2 aromatic carbocycles. The Kier molecular flexibility index (Phi) is 6.45. The average Bonchev–Trinajstić information content (AvgIpc) is 3.21. The van der Waals surface area contributed by atoms with Crippen molar-refractivity contribution in [2.45, 2.75) is 19.9 Å². The van der Waals surface area contributed by atoms with Gasteiger partial charge >= 0.3 is 6.03 Å². The molecule has 3 amide bonds. The van der Waals surface area contributed by atoms with Gasteiger partial charge in [0, 0.05) is 21.8 Å². The standard InChI is InChI=1S/C22H23N3O2S/c1-15(2)20(19-9-6-14-28-19)25-21(26)16-10-12-18(13-11-16)24-22(27)23-17-7-4-3-5-8-17/h3-15,20H,1-2H3,(H,25,26)(H2,23,24,27). The van der Waals surface area contributed by atoms with Gasteiger partial charge in [-0.05, 0) is 53.8 Å². The van der Waals surface area contributed by atoms with Gasteiger partial charge in [-0.15, -0.1) is 11.3 Å². The number of rotatable bonds is 6. The van der Waals surface area contributed by atoms with Gasteiger partial charge in [0.15, 0.2) is 0 Å². The fraction of sp³-hybridized carbons (Fsp3) is 0.182. The van der Waals surface area contributed by atoms with Crippen LogP contribution in [0, 0.1) is 5.92 Å². The molecular weight excluding hydrogens is 370 g/mol. The first kappa shape index (κ1) is 19.6. The van der Waals surface area contributed by atoms with Crippen LogP contribution in [0.4, 0.5) is 16.2 Å². The normalized spacial score (nSPS) is 11.7. The fourth-order valence-corrected chi connectivity index (χ4v) is 3.73. The summed E-state index contributed by atoms with van der Waals surface area (Å²) in [7, 11) is 0. The van der Waals surface area contributed by atoms with E-state index in [4.69, 9.17) is 0 Å². The first-order valence-corrected chi connectivity index (χ1v) is 9.98. The van der Waals surface area contributed by atoms with Gasteiger partial charge in [-0.2, -0.15) is 0 Å². The molecule has 144 valence electrons. The van der Waals surface area contributed by atoms with Crippen LogP contribution in [0.15, 0.2) is 72.1 Å². The summed E-state index contributed by atoms with van der Waals surface area (Å²) >= 11 is 1.64. The van der Waals surface area contributed by atoms with E-state index < -0.39 is 0 Å². The van der Waals surface area contributed by atoms with Crippen LogP contribution in [-0.2, 0) is 0 Å². The second kappa shape index (κ2) is 9.19. The Morgan fingerprint density at radius 2 is 1.46 bits per heavy atom. The van der Waals surface area contributed by atoms with E-state index in [0.29, 0.717) is 16.9 Å². The molecule has 0 saturated carbocycles. The molecule has 3 rings (SSSR count). The molecule has 0 radical (unpaired) electrons. The molecular formula is C22H23N3O2S. The highest BCUT2D eigenvalue weighted by atomic mass is 32.1. The Labute approximate surface area is 168 Å². The number of amides is 3. The van der Waals surface area contributed by atoms with Crippen LogP contribution < -0.4 is 16.0 Å². The maximum absolute atomic E-state index is 12.6. The van der Waals surface area contributed by atoms with Crippen LogP contribution in [0.25, 0.3) is 0 Å². The van der Waals surface area contributed by atoms with Crippen molar-refractivity contribution in [2.75, 3.05) is 10.6 Å². The van der Waals surface area contributed by atoms with Gasteiger partial charge in [-0.1, -0.05) is 38.1 Å². The van der Waals surface area contributed by atoms with Gasteiger partial charge in [0.2, 0.25) is 0 Å². The lowest BCUT2D eigenvalue weighted by atomic mass is 10.0. The minimum Gasteiger partial charge on any atom is -0.344 e. The molecule has 1 heterocycles. The summed E-state index contributed by atoms with van der Waals surface area (Å²) in [6, 6.07) is 19.7. The molecule has 0 aliphatic rings. The second-order valence-electron chi connectivity index (χ2n) is 6.73. The molecule has 5 nitrogen and oxygen atoms in total. The maximum Gasteiger partial charge on any atom is 0.323 e. The first-order chi connectivity index (χ1) is 13.5. The summed E-state index contributed by atoms with van der Waals surface area (Å²) in [5, 5.41) is 10.6. The van der Waals surface area contributed by atoms with Crippen LogP contribution in [0.2, 0.25) is 0 Å². The van der Waals surface area contributed by atoms with Crippen molar-refractivity contribution >= 4 is 34.6 Å². The van der Waals surface area contributed by atoms with Crippen LogP contribution in [0.3, 0.4) is 0 Å². The predicted octanol–water partition coefficient (Wildman–Crippen LogP) is 5.52. The zero-order valence-electron chi connectivity index (χ0n) is 15.8. The Morgan fingerprint density at radius 1 is 0.821 bits per heavy atom. The van der Waals surface area contributed by atoms with Crippen molar-refractivity contribution in [3.05, 3.63) is 82.6 Å². The SMILES string of the molecule is CC(C)C(NC(=O)c1ccc(NC(=O)Nc2ccccc2)cc1)c1cccs1. The lowest BCUT2D eigenvalue weighted by molar-refractivity contribution is 0.0926. The Bertz CT molecular complexity index is 907. The van der Waals surface area contributed by atoms with Gasteiger partial charge in [-0.3, -0.25) is 4.79 Å². The number of thiophene rings is 1. The number of carbonyl (C=O) groups excluding carboxylic acids is 2. The molecule has 0 spiro atoms. The Morgan fingerprint density at radius 3 is 2.04 bits per heavy atom. The molecule has 6 heteroatoms. The molecule has 3 N–H and O–H groups in total. The molecule has 1 unspecified atom stereocenters. The average molecular weight is 394 g/mol. The van der Waals surface area contributed by atoms with Crippen molar-refractivity contribution in [2.24, 2.45) is 5.92 Å². The molecule has 0 aliphatic heterocycles. The maximum atomic E-state index is 12.6. The third kappa shape index (κ3) is 5.20. The van der Waals surface area contributed by atoms with Crippen molar-refractivity contribution in [1.29, 1.82) is 0 Å². The Balaban J connectivity index is 1.60. The van der Waals surface area contributed by atoms with Crippen molar-refractivity contribution in [3.63, 3.8) is 0 Å². The van der Waals surface area contributed by atoms with Gasteiger partial charge in [0.25, 0.3) is 5.91 Å². The number of anilines is 2. The molecule has 0 fully saturated rings. The topological polar surface area (TPSA) is 70.2 Å². The Hall–Kier alpha value is -3.12. The van der Waals surface area contributed by atoms with Gasteiger partial charge in [0.05, 0.1) is 6.04 Å². The van der Waals surface area contributed by atoms with Crippen LogP contribution in [0.1, 0.15) is 35.1 Å². The number of hydrogen-bond donors (Lipinski definition) is 3. The van der Waals surface area contributed by atoms with Crippen molar-refractivity contribution in [3.8, 4) is 0 Å². The lowest BCUT2D eigenvalue weighted by Crippen LogP contribution is -2.31. The monoisotopic (exact) mass is 393 g/mol. The number of benzene rings is 2. The highest BCUT2D eigenvalue weighted by Gasteiger charge is 2.20. The summed E-state index contributed by atoms with van der Waals surface area (Å²) < 4.78 is 0. The quantitative estimate of drug-likeness (QED) is 0.516. The molecule has 1 aromatic heterocycles. The highest BCUT2D eigenvalue weighted by molar-refractivity contribution is 7.10. The molecule has 0 aliphatic carbocycles. The molecule has 0 saturated heterocycles. The molecule has 28 heavy (non-hydrogen) atoms. The minimum absolute atomic E-state index is 0.0260. The zero-order chi connectivity index (χ0) is 19.9. The predicted molar refractivity (Wildman–Crippen MR) is 115 cm³/mol. The van der Waals surface area contributed by atoms with E-state index in [1.807, 2.05) is 47.8 Å². The number of urea groups is 1. The number of nitrogens with one attached hydrogen (secondary N) is 3. The van der Waals surface area contributed by atoms with Gasteiger partial charge in [-0.25, -0.2) is 4.79 Å². The van der Waals surface area contributed by atoms with E-state index in [2.05, 4.69) is 29.8 Å². The largest absolute Gasteiger partial charge is 0.344 e. The van der Waals surface area contributed by atoms with E-state index >= 15 is 0 Å². The third-order valence-electron chi connectivity index (χ3n) is 4.24. The summed E-state index contributed by atoms with van der Waals surface area (Å²) in [4.78, 5) is 25.8. The molecule has 3 aromatic rings. The van der Waals surface area contributed by atoms with E-state index in [0.717, 1.165) is 4.88 Å². The van der Waals surface area contributed by atoms with Crippen LogP contribution >= 0.6 is 11.3 Å². The van der Waals surface area contributed by atoms with Gasteiger partial charge < -0.3 is 16.0 Å². The first-order valence-electron chi connectivity index (χ1n) is 9.10. The smallest absolute Gasteiger partial charge is 0.323 e. The van der Waals surface area contributed by atoms with E-state index in [1.165, 1.54) is 0 Å². The number of carbonyl (C=O) groups is 2. The summed E-state index contributed by atoms with van der Waals surface area (Å²) in [6.07, 6.45) is 0. The van der Waals surface area contributed by atoms with Crippen LogP contribution in [0.5, 0.6) is 0 Å². The zero-order valence-corrected chi connectivity index (χ0v) is 16.6. The summed E-state index contributed by atoms with van der Waals surface area (Å²) in [5.74, 6) is 0.151. The fourth-order valence-electron chi connectivity index (χ4n) is 2.78. The third-order valence-corrected chi connectivity index (χ3v) is 5.19. The van der Waals surface area contributed by atoms with Crippen LogP contribution in [-0.4, -0.2) is 11.9 Å². The van der Waals surface area contributed by atoms with Crippen molar-refractivity contribution < 1.29 is 9.59 Å². The highest BCUT2D eigenvalue weighted by Crippen LogP contribution is 2.26. The van der Waals surface area contributed by atoms with E-state index in [9.17, 15) is 9.59 Å². The molecule has 0 bridgehead atoms. The van der Waals surface area contributed by atoms with E-state index in [1.54, 1.807) is 35.6 Å². The van der Waals surface area contributed by atoms with E-state index in [-0.39, 0.29) is 23.9 Å². The molecule has 1 atom stereocenters. The number of hydrogen-bond acceptors (Lipinski definition) is 3. The summed E-state index contributed by atoms with van der Waals surface area (Å²) in [6.45, 7) is 4.17. The van der Waals surface area contributed by atoms with Gasteiger partial charge in [0.1, 0.15) is 0 Å².